The van der Waals surface area contributed by atoms with Crippen LogP contribution >= 0.6 is 0 Å². The Hall–Kier alpha value is -2.38. The van der Waals surface area contributed by atoms with Crippen molar-refractivity contribution in [2.75, 3.05) is 19.7 Å². The zero-order valence-corrected chi connectivity index (χ0v) is 17.7. The van der Waals surface area contributed by atoms with Crippen LogP contribution in [0.4, 0.5) is 0 Å². The fourth-order valence-electron chi connectivity index (χ4n) is 3.32. The highest BCUT2D eigenvalue weighted by Gasteiger charge is 2.21. The molecule has 29 heavy (non-hydrogen) atoms. The van der Waals surface area contributed by atoms with Crippen molar-refractivity contribution in [2.24, 2.45) is 5.92 Å². The zero-order chi connectivity index (χ0) is 20.9. The van der Waals surface area contributed by atoms with Gasteiger partial charge in [-0.2, -0.15) is 0 Å². The van der Waals surface area contributed by atoms with Crippen LogP contribution in [-0.4, -0.2) is 38.9 Å². The predicted molar refractivity (Wildman–Crippen MR) is 112 cm³/mol. The van der Waals surface area contributed by atoms with Gasteiger partial charge in [-0.1, -0.05) is 37.3 Å². The van der Waals surface area contributed by atoms with E-state index in [4.69, 9.17) is 4.74 Å². The number of benzene rings is 2. The lowest BCUT2D eigenvalue weighted by atomic mass is 9.99. The highest BCUT2D eigenvalue weighted by Crippen LogP contribution is 2.20. The van der Waals surface area contributed by atoms with Crippen molar-refractivity contribution in [3.05, 3.63) is 60.2 Å². The quantitative estimate of drug-likeness (QED) is 0.751. The monoisotopic (exact) mass is 416 g/mol. The van der Waals surface area contributed by atoms with Crippen molar-refractivity contribution in [1.29, 1.82) is 0 Å². The Morgan fingerprint density at radius 3 is 2.34 bits per heavy atom. The molecule has 1 fully saturated rings. The molecule has 1 heterocycles. The highest BCUT2D eigenvalue weighted by molar-refractivity contribution is 7.89. The molecule has 0 saturated carbocycles. The second-order valence-electron chi connectivity index (χ2n) is 7.58. The summed E-state index contributed by atoms with van der Waals surface area (Å²) in [5, 5.41) is 0. The van der Waals surface area contributed by atoms with Gasteiger partial charge in [-0.15, -0.1) is 0 Å². The van der Waals surface area contributed by atoms with Crippen molar-refractivity contribution in [3.63, 3.8) is 0 Å². The summed E-state index contributed by atoms with van der Waals surface area (Å²) in [6.07, 6.45) is 2.04. The van der Waals surface area contributed by atoms with Gasteiger partial charge >= 0.3 is 0 Å². The van der Waals surface area contributed by atoms with E-state index in [1.54, 1.807) is 19.1 Å². The molecule has 1 aliphatic rings. The molecule has 7 heteroatoms. The number of nitrogens with one attached hydrogen (secondary N) is 1. The molecule has 1 N–H and O–H groups in total. The second kappa shape index (κ2) is 9.41. The Bertz CT molecular complexity index is 906. The molecule has 1 atom stereocenters. The van der Waals surface area contributed by atoms with Gasteiger partial charge in [0.1, 0.15) is 5.75 Å². The molecule has 0 radical (unpaired) electrons. The van der Waals surface area contributed by atoms with E-state index in [1.165, 1.54) is 12.1 Å². The largest absolute Gasteiger partial charge is 0.484 e. The SMILES string of the molecule is CC1CCN(C(=O)COc2ccc(S(=O)(=O)N[C@@H](C)c3ccccc3)cc2)CC1. The van der Waals surface area contributed by atoms with Gasteiger partial charge in [0, 0.05) is 19.1 Å². The molecule has 0 aliphatic carbocycles. The van der Waals surface area contributed by atoms with E-state index < -0.39 is 10.0 Å². The summed E-state index contributed by atoms with van der Waals surface area (Å²) in [6, 6.07) is 15.2. The van der Waals surface area contributed by atoms with Crippen molar-refractivity contribution in [3.8, 4) is 5.75 Å². The summed E-state index contributed by atoms with van der Waals surface area (Å²) < 4.78 is 33.5. The van der Waals surface area contributed by atoms with Gasteiger partial charge < -0.3 is 9.64 Å². The summed E-state index contributed by atoms with van der Waals surface area (Å²) in [4.78, 5) is 14.2. The van der Waals surface area contributed by atoms with Crippen LogP contribution in [0.3, 0.4) is 0 Å². The molecule has 6 nitrogen and oxygen atoms in total. The van der Waals surface area contributed by atoms with Gasteiger partial charge in [-0.05, 0) is 55.5 Å². The third-order valence-electron chi connectivity index (χ3n) is 5.26. The molecule has 3 rings (SSSR count). The standard InChI is InChI=1S/C22H28N2O4S/c1-17-12-14-24(15-13-17)22(25)16-28-20-8-10-21(11-9-20)29(26,27)23-18(2)19-6-4-3-5-7-19/h3-11,17-18,23H,12-16H2,1-2H3/t18-/m0/s1. The number of hydrogen-bond acceptors (Lipinski definition) is 4. The minimum atomic E-state index is -3.66. The smallest absolute Gasteiger partial charge is 0.260 e. The van der Waals surface area contributed by atoms with E-state index in [0.717, 1.165) is 31.5 Å². The summed E-state index contributed by atoms with van der Waals surface area (Å²) >= 11 is 0. The van der Waals surface area contributed by atoms with Gasteiger partial charge in [0.05, 0.1) is 4.90 Å². The summed E-state index contributed by atoms with van der Waals surface area (Å²) in [5.41, 5.74) is 0.890. The van der Waals surface area contributed by atoms with Crippen LogP contribution in [0, 0.1) is 5.92 Å². The zero-order valence-electron chi connectivity index (χ0n) is 16.9. The van der Waals surface area contributed by atoms with Crippen molar-refractivity contribution >= 4 is 15.9 Å². The normalized spacial score (nSPS) is 16.4. The Labute approximate surface area is 172 Å². The van der Waals surface area contributed by atoms with E-state index in [2.05, 4.69) is 11.6 Å². The first-order chi connectivity index (χ1) is 13.8. The second-order valence-corrected chi connectivity index (χ2v) is 9.29. The molecule has 1 saturated heterocycles. The topological polar surface area (TPSA) is 75.7 Å². The maximum atomic E-state index is 12.6. The number of nitrogens with zero attached hydrogens (tertiary/aromatic N) is 1. The Morgan fingerprint density at radius 1 is 1.10 bits per heavy atom. The van der Waals surface area contributed by atoms with Crippen LogP contribution in [0.2, 0.25) is 0 Å². The highest BCUT2D eigenvalue weighted by atomic mass is 32.2. The van der Waals surface area contributed by atoms with E-state index >= 15 is 0 Å². The molecule has 1 aliphatic heterocycles. The first-order valence-electron chi connectivity index (χ1n) is 9.93. The fourth-order valence-corrected chi connectivity index (χ4v) is 4.55. The lowest BCUT2D eigenvalue weighted by Gasteiger charge is -2.30. The number of hydrogen-bond donors (Lipinski definition) is 1. The average molecular weight is 417 g/mol. The first kappa shape index (κ1) is 21.3. The first-order valence-corrected chi connectivity index (χ1v) is 11.4. The van der Waals surface area contributed by atoms with E-state index in [9.17, 15) is 13.2 Å². The lowest BCUT2D eigenvalue weighted by molar-refractivity contribution is -0.134. The number of rotatable bonds is 7. The fraction of sp³-hybridized carbons (Fsp3) is 0.409. The number of carbonyl (C=O) groups is 1. The van der Waals surface area contributed by atoms with Gasteiger partial charge in [-0.3, -0.25) is 4.79 Å². The molecule has 2 aromatic carbocycles. The summed E-state index contributed by atoms with van der Waals surface area (Å²) in [6.45, 7) is 5.50. The van der Waals surface area contributed by atoms with E-state index in [-0.39, 0.29) is 23.5 Å². The number of piperidine rings is 1. The predicted octanol–water partition coefficient (Wildman–Crippen LogP) is 3.36. The maximum absolute atomic E-state index is 12.6. The van der Waals surface area contributed by atoms with Crippen LogP contribution in [0.25, 0.3) is 0 Å². The summed E-state index contributed by atoms with van der Waals surface area (Å²) in [5.74, 6) is 1.10. The number of likely N-dealkylation sites (tertiary alicyclic amines) is 1. The molecule has 0 bridgehead atoms. The van der Waals surface area contributed by atoms with E-state index in [1.807, 2.05) is 35.2 Å². The molecule has 156 valence electrons. The summed E-state index contributed by atoms with van der Waals surface area (Å²) in [7, 11) is -3.66. The molecule has 0 aromatic heterocycles. The number of amides is 1. The number of sulfonamides is 1. The van der Waals surface area contributed by atoms with Crippen molar-refractivity contribution in [2.45, 2.75) is 37.6 Å². The molecule has 0 unspecified atom stereocenters. The Kier molecular flexibility index (Phi) is 6.92. The molecular formula is C22H28N2O4S. The minimum absolute atomic E-state index is 0.0352. The van der Waals surface area contributed by atoms with E-state index in [0.29, 0.717) is 11.7 Å². The van der Waals surface area contributed by atoms with Crippen molar-refractivity contribution in [1.82, 2.24) is 9.62 Å². The molecular weight excluding hydrogens is 388 g/mol. The van der Waals surface area contributed by atoms with Crippen LogP contribution in [0.1, 0.15) is 38.3 Å². The third-order valence-corrected chi connectivity index (χ3v) is 6.82. The number of ether oxygens (including phenoxy) is 1. The van der Waals surface area contributed by atoms with Gasteiger partial charge in [0.15, 0.2) is 6.61 Å². The van der Waals surface area contributed by atoms with Crippen LogP contribution in [0.15, 0.2) is 59.5 Å². The minimum Gasteiger partial charge on any atom is -0.484 e. The van der Waals surface area contributed by atoms with Crippen LogP contribution in [0.5, 0.6) is 5.75 Å². The average Bonchev–Trinajstić information content (AvgIpc) is 2.73. The molecule has 1 amide bonds. The van der Waals surface area contributed by atoms with Gasteiger partial charge in [0.2, 0.25) is 10.0 Å². The van der Waals surface area contributed by atoms with Crippen molar-refractivity contribution < 1.29 is 17.9 Å². The Morgan fingerprint density at radius 2 is 1.72 bits per heavy atom. The van der Waals surface area contributed by atoms with Gasteiger partial charge in [-0.25, -0.2) is 13.1 Å². The maximum Gasteiger partial charge on any atom is 0.260 e. The van der Waals surface area contributed by atoms with Crippen LogP contribution < -0.4 is 9.46 Å². The number of carbonyl (C=O) groups excluding carboxylic acids is 1. The molecule has 0 spiro atoms. The molecule has 2 aromatic rings. The van der Waals surface area contributed by atoms with Crippen LogP contribution in [-0.2, 0) is 14.8 Å². The van der Waals surface area contributed by atoms with Gasteiger partial charge in [0.25, 0.3) is 5.91 Å². The lowest BCUT2D eigenvalue weighted by Crippen LogP contribution is -2.40. The Balaban J connectivity index is 1.55. The third kappa shape index (κ3) is 5.81.